The maximum Gasteiger partial charge on any atom is 0.122 e. The van der Waals surface area contributed by atoms with Crippen LogP contribution in [0.2, 0.25) is 5.02 Å². The first-order valence-corrected chi connectivity index (χ1v) is 6.92. The van der Waals surface area contributed by atoms with Gasteiger partial charge in [-0.2, -0.15) is 0 Å². The summed E-state index contributed by atoms with van der Waals surface area (Å²) in [5, 5.41) is 11.4. The van der Waals surface area contributed by atoms with Gasteiger partial charge < -0.3 is 9.84 Å². The van der Waals surface area contributed by atoms with Crippen LogP contribution in [0.5, 0.6) is 5.75 Å². The number of rotatable bonds is 4. The molecular weight excluding hydrogens is 272 g/mol. The number of aryl methyl sites for hydroxylation is 1. The molecule has 2 rings (SSSR count). The number of methoxy groups -OCH3 is 1. The lowest BCUT2D eigenvalue weighted by Crippen LogP contribution is -2.24. The van der Waals surface area contributed by atoms with E-state index in [4.69, 9.17) is 16.3 Å². The number of aliphatic hydroxyl groups is 1. The monoisotopic (exact) mass is 290 g/mol. The fraction of sp³-hybridized carbons (Fsp3) is 0.294. The molecule has 2 nitrogen and oxygen atoms in total. The first-order chi connectivity index (χ1) is 9.42. The summed E-state index contributed by atoms with van der Waals surface area (Å²) in [6.45, 7) is 3.82. The minimum atomic E-state index is -0.994. The van der Waals surface area contributed by atoms with Crippen LogP contribution in [0.15, 0.2) is 42.5 Å². The topological polar surface area (TPSA) is 29.5 Å². The second kappa shape index (κ2) is 5.86. The van der Waals surface area contributed by atoms with Crippen LogP contribution in [0, 0.1) is 6.92 Å². The summed E-state index contributed by atoms with van der Waals surface area (Å²) < 4.78 is 5.37. The van der Waals surface area contributed by atoms with E-state index in [-0.39, 0.29) is 0 Å². The van der Waals surface area contributed by atoms with Crippen LogP contribution < -0.4 is 4.74 Å². The van der Waals surface area contributed by atoms with Gasteiger partial charge in [0.15, 0.2) is 0 Å². The molecule has 1 atom stereocenters. The molecule has 2 aromatic rings. The van der Waals surface area contributed by atoms with Crippen molar-refractivity contribution in [2.24, 2.45) is 0 Å². The fourth-order valence-corrected chi connectivity index (χ4v) is 2.53. The third-order valence-electron chi connectivity index (χ3n) is 3.42. The Morgan fingerprint density at radius 1 is 1.20 bits per heavy atom. The lowest BCUT2D eigenvalue weighted by molar-refractivity contribution is 0.0570. The molecule has 1 N–H and O–H groups in total. The van der Waals surface area contributed by atoms with E-state index < -0.39 is 5.60 Å². The highest BCUT2D eigenvalue weighted by Gasteiger charge is 2.25. The van der Waals surface area contributed by atoms with Gasteiger partial charge in [-0.25, -0.2) is 0 Å². The van der Waals surface area contributed by atoms with Gasteiger partial charge in [-0.3, -0.25) is 0 Å². The fourth-order valence-electron chi connectivity index (χ4n) is 2.34. The summed E-state index contributed by atoms with van der Waals surface area (Å²) in [6, 6.07) is 13.3. The van der Waals surface area contributed by atoms with Gasteiger partial charge in [0, 0.05) is 11.4 Å². The van der Waals surface area contributed by atoms with Crippen molar-refractivity contribution in [3.05, 3.63) is 64.2 Å². The maximum absolute atomic E-state index is 10.8. The lowest BCUT2D eigenvalue weighted by Gasteiger charge is -2.25. The molecule has 2 aromatic carbocycles. The van der Waals surface area contributed by atoms with Gasteiger partial charge in [0.05, 0.1) is 12.7 Å². The number of ether oxygens (including phenoxy) is 1. The van der Waals surface area contributed by atoms with Crippen molar-refractivity contribution in [2.45, 2.75) is 25.9 Å². The van der Waals surface area contributed by atoms with Crippen molar-refractivity contribution in [3.8, 4) is 5.75 Å². The quantitative estimate of drug-likeness (QED) is 0.918. The van der Waals surface area contributed by atoms with Crippen LogP contribution in [0.25, 0.3) is 0 Å². The van der Waals surface area contributed by atoms with Crippen molar-refractivity contribution in [1.82, 2.24) is 0 Å². The Bertz CT molecular complexity index is 606. The second-order valence-corrected chi connectivity index (χ2v) is 5.71. The van der Waals surface area contributed by atoms with Crippen LogP contribution in [0.4, 0.5) is 0 Å². The Morgan fingerprint density at radius 2 is 1.95 bits per heavy atom. The summed E-state index contributed by atoms with van der Waals surface area (Å²) >= 11 is 6.00. The normalized spacial score (nSPS) is 13.8. The zero-order valence-electron chi connectivity index (χ0n) is 12.0. The van der Waals surface area contributed by atoms with Crippen molar-refractivity contribution in [1.29, 1.82) is 0 Å². The number of hydrogen-bond acceptors (Lipinski definition) is 2. The lowest BCUT2D eigenvalue weighted by atomic mass is 9.88. The molecule has 20 heavy (non-hydrogen) atoms. The molecule has 0 aliphatic rings. The molecule has 0 aromatic heterocycles. The van der Waals surface area contributed by atoms with Crippen molar-refractivity contribution >= 4 is 11.6 Å². The van der Waals surface area contributed by atoms with Gasteiger partial charge in [-0.15, -0.1) is 0 Å². The predicted octanol–water partition coefficient (Wildman–Crippen LogP) is 4.11. The summed E-state index contributed by atoms with van der Waals surface area (Å²) in [5.41, 5.74) is 1.93. The summed E-state index contributed by atoms with van der Waals surface area (Å²) in [5.74, 6) is 0.790. The first kappa shape index (κ1) is 14.9. The number of benzene rings is 2. The van der Waals surface area contributed by atoms with Gasteiger partial charge in [0.25, 0.3) is 0 Å². The minimum absolute atomic E-state index is 0.470. The highest BCUT2D eigenvalue weighted by atomic mass is 35.5. The molecule has 0 radical (unpaired) electrons. The molecule has 0 bridgehead atoms. The Kier molecular flexibility index (Phi) is 4.36. The largest absolute Gasteiger partial charge is 0.496 e. The van der Waals surface area contributed by atoms with Crippen LogP contribution in [-0.2, 0) is 12.0 Å². The Balaban J connectivity index is 2.35. The van der Waals surface area contributed by atoms with Crippen molar-refractivity contribution in [2.75, 3.05) is 7.11 Å². The van der Waals surface area contributed by atoms with Crippen molar-refractivity contribution in [3.63, 3.8) is 0 Å². The third-order valence-corrected chi connectivity index (χ3v) is 3.65. The first-order valence-electron chi connectivity index (χ1n) is 6.54. The summed E-state index contributed by atoms with van der Waals surface area (Å²) in [7, 11) is 1.64. The van der Waals surface area contributed by atoms with Gasteiger partial charge in [-0.1, -0.05) is 41.4 Å². The van der Waals surface area contributed by atoms with Crippen LogP contribution in [-0.4, -0.2) is 12.2 Å². The predicted molar refractivity (Wildman–Crippen MR) is 82.5 cm³/mol. The van der Waals surface area contributed by atoms with E-state index in [1.807, 2.05) is 37.3 Å². The average molecular weight is 291 g/mol. The van der Waals surface area contributed by atoms with Gasteiger partial charge in [0.1, 0.15) is 5.75 Å². The minimum Gasteiger partial charge on any atom is -0.496 e. The van der Waals surface area contributed by atoms with Crippen LogP contribution in [0.1, 0.15) is 23.6 Å². The Morgan fingerprint density at radius 3 is 2.60 bits per heavy atom. The number of halogens is 1. The van der Waals surface area contributed by atoms with E-state index in [0.717, 1.165) is 22.4 Å². The van der Waals surface area contributed by atoms with Gasteiger partial charge >= 0.3 is 0 Å². The molecule has 0 saturated carbocycles. The standard InChI is InChI=1S/C17H19ClO2/c1-12-7-8-16(20-3)13(9-12)11-17(2,19)14-5-4-6-15(18)10-14/h4-10,19H,11H2,1-3H3. The summed E-state index contributed by atoms with van der Waals surface area (Å²) in [6.07, 6.45) is 0.470. The molecule has 0 spiro atoms. The highest BCUT2D eigenvalue weighted by molar-refractivity contribution is 6.30. The smallest absolute Gasteiger partial charge is 0.122 e. The zero-order valence-corrected chi connectivity index (χ0v) is 12.7. The average Bonchev–Trinajstić information content (AvgIpc) is 2.38. The molecule has 3 heteroatoms. The van der Waals surface area contributed by atoms with Gasteiger partial charge in [0.2, 0.25) is 0 Å². The van der Waals surface area contributed by atoms with Crippen LogP contribution >= 0.6 is 11.6 Å². The molecule has 106 valence electrons. The SMILES string of the molecule is COc1ccc(C)cc1CC(C)(O)c1cccc(Cl)c1. The van der Waals surface area contributed by atoms with Crippen molar-refractivity contribution < 1.29 is 9.84 Å². The molecule has 0 heterocycles. The Labute approximate surface area is 125 Å². The van der Waals surface area contributed by atoms with E-state index in [1.54, 1.807) is 26.2 Å². The molecule has 0 saturated heterocycles. The zero-order chi connectivity index (χ0) is 14.8. The Hall–Kier alpha value is -1.51. The summed E-state index contributed by atoms with van der Waals surface area (Å²) in [4.78, 5) is 0. The number of hydrogen-bond donors (Lipinski definition) is 1. The molecule has 0 aliphatic carbocycles. The second-order valence-electron chi connectivity index (χ2n) is 5.28. The molecule has 0 aliphatic heterocycles. The van der Waals surface area contributed by atoms with Gasteiger partial charge in [-0.05, 0) is 43.2 Å². The molecule has 0 amide bonds. The molecular formula is C17H19ClO2. The highest BCUT2D eigenvalue weighted by Crippen LogP contribution is 2.31. The van der Waals surface area contributed by atoms with E-state index in [2.05, 4.69) is 0 Å². The van der Waals surface area contributed by atoms with E-state index in [9.17, 15) is 5.11 Å². The van der Waals surface area contributed by atoms with E-state index in [0.29, 0.717) is 11.4 Å². The third kappa shape index (κ3) is 3.33. The molecule has 0 fully saturated rings. The van der Waals surface area contributed by atoms with E-state index in [1.165, 1.54) is 0 Å². The molecule has 1 unspecified atom stereocenters. The van der Waals surface area contributed by atoms with E-state index >= 15 is 0 Å². The van der Waals surface area contributed by atoms with Crippen LogP contribution in [0.3, 0.4) is 0 Å². The maximum atomic E-state index is 10.8.